The Balaban J connectivity index is 2.48. The lowest BCUT2D eigenvalue weighted by molar-refractivity contribution is -0.137. The summed E-state index contributed by atoms with van der Waals surface area (Å²) in [4.78, 5) is 10.8. The van der Waals surface area contributed by atoms with Crippen LogP contribution in [0.25, 0.3) is 11.1 Å². The lowest BCUT2D eigenvalue weighted by atomic mass is 10.0. The van der Waals surface area contributed by atoms with Gasteiger partial charge in [0, 0.05) is 11.3 Å². The van der Waals surface area contributed by atoms with Crippen LogP contribution in [0.3, 0.4) is 0 Å². The fourth-order valence-corrected chi connectivity index (χ4v) is 1.91. The standard InChI is InChI=1S/C15H13F3N2O/c16-15(17,18)11-6-7-13(20-9-14(19)21)12(8-11)10-4-2-1-3-5-10/h1-8,20H,9H2,(H2,19,21). The van der Waals surface area contributed by atoms with Gasteiger partial charge in [0.25, 0.3) is 0 Å². The van der Waals surface area contributed by atoms with Crippen molar-refractivity contribution in [1.82, 2.24) is 0 Å². The van der Waals surface area contributed by atoms with E-state index in [-0.39, 0.29) is 6.54 Å². The van der Waals surface area contributed by atoms with Crippen LogP contribution in [0.2, 0.25) is 0 Å². The second kappa shape index (κ2) is 5.87. The first-order valence-corrected chi connectivity index (χ1v) is 6.17. The van der Waals surface area contributed by atoms with Crippen molar-refractivity contribution in [1.29, 1.82) is 0 Å². The molecule has 2 aromatic rings. The van der Waals surface area contributed by atoms with Gasteiger partial charge in [-0.1, -0.05) is 30.3 Å². The van der Waals surface area contributed by atoms with Crippen molar-refractivity contribution in [2.45, 2.75) is 6.18 Å². The van der Waals surface area contributed by atoms with Crippen LogP contribution in [0.15, 0.2) is 48.5 Å². The molecule has 0 spiro atoms. The van der Waals surface area contributed by atoms with Crippen LogP contribution >= 0.6 is 0 Å². The van der Waals surface area contributed by atoms with Crippen LogP contribution in [-0.4, -0.2) is 12.5 Å². The highest BCUT2D eigenvalue weighted by Gasteiger charge is 2.31. The van der Waals surface area contributed by atoms with E-state index in [4.69, 9.17) is 5.73 Å². The summed E-state index contributed by atoms with van der Waals surface area (Å²) in [6.07, 6.45) is -4.42. The maximum atomic E-state index is 12.8. The molecule has 3 nitrogen and oxygen atoms in total. The van der Waals surface area contributed by atoms with Gasteiger partial charge in [-0.3, -0.25) is 4.79 Å². The molecule has 0 unspecified atom stereocenters. The van der Waals surface area contributed by atoms with Crippen LogP contribution in [0.5, 0.6) is 0 Å². The number of nitrogens with one attached hydrogen (secondary N) is 1. The average molecular weight is 294 g/mol. The van der Waals surface area contributed by atoms with Gasteiger partial charge in [0.05, 0.1) is 12.1 Å². The van der Waals surface area contributed by atoms with E-state index in [2.05, 4.69) is 5.32 Å². The van der Waals surface area contributed by atoms with Gasteiger partial charge in [-0.15, -0.1) is 0 Å². The van der Waals surface area contributed by atoms with Gasteiger partial charge < -0.3 is 11.1 Å². The van der Waals surface area contributed by atoms with Crippen molar-refractivity contribution < 1.29 is 18.0 Å². The summed E-state index contributed by atoms with van der Waals surface area (Å²) >= 11 is 0. The minimum Gasteiger partial charge on any atom is -0.376 e. The predicted molar refractivity (Wildman–Crippen MR) is 74.6 cm³/mol. The zero-order chi connectivity index (χ0) is 15.5. The van der Waals surface area contributed by atoms with Crippen molar-refractivity contribution in [2.24, 2.45) is 5.73 Å². The molecule has 0 bridgehead atoms. The summed E-state index contributed by atoms with van der Waals surface area (Å²) in [5.41, 5.74) is 5.71. The fourth-order valence-electron chi connectivity index (χ4n) is 1.91. The minimum atomic E-state index is -4.42. The molecule has 0 aliphatic carbocycles. The number of carbonyl (C=O) groups is 1. The van der Waals surface area contributed by atoms with Gasteiger partial charge in [0.2, 0.25) is 5.91 Å². The van der Waals surface area contributed by atoms with E-state index in [0.29, 0.717) is 16.8 Å². The number of halogens is 3. The Morgan fingerprint density at radius 2 is 1.76 bits per heavy atom. The van der Waals surface area contributed by atoms with E-state index in [0.717, 1.165) is 12.1 Å². The number of carbonyl (C=O) groups excluding carboxylic acids is 1. The highest BCUT2D eigenvalue weighted by molar-refractivity contribution is 5.83. The zero-order valence-corrected chi connectivity index (χ0v) is 10.9. The number of anilines is 1. The lowest BCUT2D eigenvalue weighted by Crippen LogP contribution is -2.22. The first-order chi connectivity index (χ1) is 9.88. The molecule has 0 saturated carbocycles. The molecular formula is C15H13F3N2O. The number of benzene rings is 2. The Kier molecular flexibility index (Phi) is 4.16. The number of amides is 1. The number of rotatable bonds is 4. The minimum absolute atomic E-state index is 0.148. The van der Waals surface area contributed by atoms with E-state index < -0.39 is 17.6 Å². The van der Waals surface area contributed by atoms with Crippen molar-refractivity contribution in [3.05, 3.63) is 54.1 Å². The summed E-state index contributed by atoms with van der Waals surface area (Å²) in [6.45, 7) is -0.148. The number of hydrogen-bond acceptors (Lipinski definition) is 2. The number of primary amides is 1. The zero-order valence-electron chi connectivity index (χ0n) is 10.9. The third-order valence-corrected chi connectivity index (χ3v) is 2.88. The Morgan fingerprint density at radius 3 is 2.33 bits per heavy atom. The molecule has 0 fully saturated rings. The molecule has 21 heavy (non-hydrogen) atoms. The SMILES string of the molecule is NC(=O)CNc1ccc(C(F)(F)F)cc1-c1ccccc1. The molecule has 2 rings (SSSR count). The molecule has 1 amide bonds. The topological polar surface area (TPSA) is 55.1 Å². The summed E-state index contributed by atoms with van der Waals surface area (Å²) < 4.78 is 38.5. The van der Waals surface area contributed by atoms with Gasteiger partial charge in [-0.2, -0.15) is 13.2 Å². The van der Waals surface area contributed by atoms with Crippen LogP contribution in [0.4, 0.5) is 18.9 Å². The molecule has 2 aromatic carbocycles. The maximum Gasteiger partial charge on any atom is 0.416 e. The molecule has 3 N–H and O–H groups in total. The quantitative estimate of drug-likeness (QED) is 0.909. The van der Waals surface area contributed by atoms with Gasteiger partial charge in [0.15, 0.2) is 0 Å². The third-order valence-electron chi connectivity index (χ3n) is 2.88. The Hall–Kier alpha value is -2.50. The summed E-state index contributed by atoms with van der Waals surface area (Å²) in [5, 5.41) is 2.75. The van der Waals surface area contributed by atoms with Gasteiger partial charge in [-0.25, -0.2) is 0 Å². The van der Waals surface area contributed by atoms with Crippen molar-refractivity contribution in [3.63, 3.8) is 0 Å². The Morgan fingerprint density at radius 1 is 1.10 bits per heavy atom. The molecule has 0 atom stereocenters. The van der Waals surface area contributed by atoms with Gasteiger partial charge in [0.1, 0.15) is 0 Å². The van der Waals surface area contributed by atoms with Crippen molar-refractivity contribution in [3.8, 4) is 11.1 Å². The van der Waals surface area contributed by atoms with Gasteiger partial charge >= 0.3 is 6.18 Å². The Labute approximate surface area is 119 Å². The molecule has 0 aliphatic rings. The normalized spacial score (nSPS) is 11.2. The molecule has 6 heteroatoms. The molecule has 0 aliphatic heterocycles. The molecule has 110 valence electrons. The highest BCUT2D eigenvalue weighted by Crippen LogP contribution is 2.36. The number of alkyl halides is 3. The monoisotopic (exact) mass is 294 g/mol. The third kappa shape index (κ3) is 3.75. The van der Waals surface area contributed by atoms with E-state index in [1.54, 1.807) is 30.3 Å². The average Bonchev–Trinajstić information content (AvgIpc) is 2.45. The molecule has 0 heterocycles. The highest BCUT2D eigenvalue weighted by atomic mass is 19.4. The number of hydrogen-bond donors (Lipinski definition) is 2. The van der Waals surface area contributed by atoms with Crippen LogP contribution in [0.1, 0.15) is 5.56 Å². The molecule has 0 radical (unpaired) electrons. The van der Waals surface area contributed by atoms with Crippen molar-refractivity contribution >= 4 is 11.6 Å². The van der Waals surface area contributed by atoms with Crippen LogP contribution in [-0.2, 0) is 11.0 Å². The second-order valence-corrected chi connectivity index (χ2v) is 4.44. The largest absolute Gasteiger partial charge is 0.416 e. The van der Waals surface area contributed by atoms with Gasteiger partial charge in [-0.05, 0) is 23.8 Å². The van der Waals surface area contributed by atoms with Crippen LogP contribution < -0.4 is 11.1 Å². The number of nitrogens with two attached hydrogens (primary N) is 1. The predicted octanol–water partition coefficient (Wildman–Crippen LogP) is 3.27. The first kappa shape index (κ1) is 14.9. The Bertz CT molecular complexity index is 639. The van der Waals surface area contributed by atoms with E-state index >= 15 is 0 Å². The molecule has 0 aromatic heterocycles. The fraction of sp³-hybridized carbons (Fsp3) is 0.133. The lowest BCUT2D eigenvalue weighted by Gasteiger charge is -2.14. The second-order valence-electron chi connectivity index (χ2n) is 4.44. The maximum absolute atomic E-state index is 12.8. The molecule has 0 saturated heterocycles. The van der Waals surface area contributed by atoms with E-state index in [1.165, 1.54) is 6.07 Å². The smallest absolute Gasteiger partial charge is 0.376 e. The summed E-state index contributed by atoms with van der Waals surface area (Å²) in [5.74, 6) is -0.589. The molecular weight excluding hydrogens is 281 g/mol. The van der Waals surface area contributed by atoms with E-state index in [9.17, 15) is 18.0 Å². The van der Waals surface area contributed by atoms with Crippen molar-refractivity contribution in [2.75, 3.05) is 11.9 Å². The summed E-state index contributed by atoms with van der Waals surface area (Å²) in [7, 11) is 0. The summed E-state index contributed by atoms with van der Waals surface area (Å²) in [6, 6.07) is 12.0. The first-order valence-electron chi connectivity index (χ1n) is 6.17. The van der Waals surface area contributed by atoms with E-state index in [1.807, 2.05) is 0 Å². The van der Waals surface area contributed by atoms with Crippen LogP contribution in [0, 0.1) is 0 Å².